The molecule has 5 aromatic rings. The lowest BCUT2D eigenvalue weighted by atomic mass is 10.0. The van der Waals surface area contributed by atoms with Crippen LogP contribution < -0.4 is 33.1 Å². The molecule has 5 rings (SSSR count). The standard InChI is InChI=1S/C32H39ClFN11OS/c1-18(35)4-3-5-21-12-25(28(34)26(33)13-21)27-14-22-17-45(32(46)42-29(22)41-27)24-8-6-20(7-9-24)15-39-23(10-11-38-30(36)37)16-40-31-44-43-19(2)47-31/h6-9,12-14,17-18,23,39H,3-5,10-11,15-16,35H2,1-2H3,(H,40,44)(H4,36,37,38)(H,41,42,46)/t18-,23+/m0/s1. The molecule has 2 aromatic carbocycles. The first-order valence-corrected chi connectivity index (χ1v) is 16.6. The number of fused-ring (bicyclic) bond motifs is 1. The zero-order valence-corrected chi connectivity index (χ0v) is 27.8. The van der Waals surface area contributed by atoms with Crippen LogP contribution in [0.15, 0.2) is 53.5 Å². The van der Waals surface area contributed by atoms with Crippen molar-refractivity contribution >= 4 is 45.1 Å². The molecule has 15 heteroatoms. The number of halogens is 2. The van der Waals surface area contributed by atoms with Crippen molar-refractivity contribution in [1.82, 2.24) is 35.4 Å². The van der Waals surface area contributed by atoms with Gasteiger partial charge >= 0.3 is 5.69 Å². The molecule has 2 atom stereocenters. The monoisotopic (exact) mass is 679 g/mol. The van der Waals surface area contributed by atoms with Gasteiger partial charge in [-0.2, -0.15) is 4.98 Å². The van der Waals surface area contributed by atoms with Gasteiger partial charge in [-0.05, 0) is 81.0 Å². The van der Waals surface area contributed by atoms with Gasteiger partial charge in [0.15, 0.2) is 11.8 Å². The average Bonchev–Trinajstić information content (AvgIpc) is 3.64. The molecule has 0 spiro atoms. The van der Waals surface area contributed by atoms with Crippen LogP contribution in [0.25, 0.3) is 28.0 Å². The van der Waals surface area contributed by atoms with E-state index in [1.165, 1.54) is 15.9 Å². The van der Waals surface area contributed by atoms with E-state index < -0.39 is 11.5 Å². The smallest absolute Gasteiger partial charge is 0.354 e. The fourth-order valence-corrected chi connectivity index (χ4v) is 6.05. The molecule has 0 unspecified atom stereocenters. The fourth-order valence-electron chi connectivity index (χ4n) is 5.21. The molecule has 47 heavy (non-hydrogen) atoms. The highest BCUT2D eigenvalue weighted by Crippen LogP contribution is 2.31. The minimum Gasteiger partial charge on any atom is -0.370 e. The number of aryl methyl sites for hydroxylation is 2. The molecule has 0 aliphatic heterocycles. The van der Waals surface area contributed by atoms with E-state index in [1.807, 2.05) is 38.1 Å². The molecule has 0 radical (unpaired) electrons. The summed E-state index contributed by atoms with van der Waals surface area (Å²) in [6.07, 6.45) is 4.86. The molecule has 248 valence electrons. The van der Waals surface area contributed by atoms with Crippen LogP contribution in [0, 0.1) is 18.2 Å². The molecule has 0 aliphatic carbocycles. The van der Waals surface area contributed by atoms with Crippen molar-refractivity contribution in [3.05, 3.63) is 86.1 Å². The van der Waals surface area contributed by atoms with Gasteiger partial charge < -0.3 is 32.4 Å². The highest BCUT2D eigenvalue weighted by Gasteiger charge is 2.16. The van der Waals surface area contributed by atoms with Crippen LogP contribution in [0.4, 0.5) is 9.52 Å². The first-order valence-electron chi connectivity index (χ1n) is 15.4. The number of H-pyrrole nitrogens is 1. The maximum atomic E-state index is 15.1. The number of rotatable bonds is 15. The second-order valence-electron chi connectivity index (χ2n) is 11.6. The normalized spacial score (nSPS) is 12.7. The lowest BCUT2D eigenvalue weighted by molar-refractivity contribution is 0.494. The number of nitrogens with one attached hydrogen (secondary N) is 5. The number of nitrogens with zero attached hydrogens (tertiary/aromatic N) is 4. The maximum absolute atomic E-state index is 15.1. The molecule has 0 bridgehead atoms. The Morgan fingerprint density at radius 2 is 1.96 bits per heavy atom. The number of guanidine groups is 1. The number of hydrogen-bond donors (Lipinski definition) is 7. The molecule has 0 aliphatic rings. The van der Waals surface area contributed by atoms with Crippen molar-refractivity contribution < 1.29 is 4.39 Å². The van der Waals surface area contributed by atoms with Crippen LogP contribution >= 0.6 is 22.9 Å². The number of hydrogen-bond acceptors (Lipinski definition) is 9. The van der Waals surface area contributed by atoms with Gasteiger partial charge in [0.2, 0.25) is 5.13 Å². The van der Waals surface area contributed by atoms with Crippen LogP contribution in [0.1, 0.15) is 42.3 Å². The molecule has 3 heterocycles. The number of anilines is 1. The summed E-state index contributed by atoms with van der Waals surface area (Å²) in [4.78, 5) is 20.4. The predicted molar refractivity (Wildman–Crippen MR) is 187 cm³/mol. The van der Waals surface area contributed by atoms with Crippen molar-refractivity contribution in [1.29, 1.82) is 5.41 Å². The van der Waals surface area contributed by atoms with E-state index in [2.05, 4.69) is 36.1 Å². The topological polar surface area (TPSA) is 188 Å². The second-order valence-corrected chi connectivity index (χ2v) is 13.2. The third-order valence-electron chi connectivity index (χ3n) is 7.65. The van der Waals surface area contributed by atoms with Gasteiger partial charge in [-0.1, -0.05) is 35.1 Å². The van der Waals surface area contributed by atoms with Crippen molar-refractivity contribution in [2.45, 2.75) is 58.2 Å². The molecule has 3 aromatic heterocycles. The Labute approximate surface area is 280 Å². The summed E-state index contributed by atoms with van der Waals surface area (Å²) < 4.78 is 16.6. The van der Waals surface area contributed by atoms with E-state index >= 15 is 4.39 Å². The number of aromatic nitrogens is 5. The van der Waals surface area contributed by atoms with Crippen LogP contribution in [-0.2, 0) is 13.0 Å². The largest absolute Gasteiger partial charge is 0.370 e. The maximum Gasteiger partial charge on any atom is 0.354 e. The Bertz CT molecular complexity index is 1890. The van der Waals surface area contributed by atoms with E-state index in [-0.39, 0.29) is 23.1 Å². The Morgan fingerprint density at radius 3 is 2.66 bits per heavy atom. The zero-order valence-electron chi connectivity index (χ0n) is 26.2. The van der Waals surface area contributed by atoms with E-state index in [1.54, 1.807) is 24.4 Å². The molecular formula is C32H39ClFN11OS. The van der Waals surface area contributed by atoms with Crippen LogP contribution in [0.5, 0.6) is 0 Å². The first kappa shape index (κ1) is 34.0. The summed E-state index contributed by atoms with van der Waals surface area (Å²) in [6, 6.07) is 13.0. The summed E-state index contributed by atoms with van der Waals surface area (Å²) in [7, 11) is 0. The van der Waals surface area contributed by atoms with Gasteiger partial charge in [-0.3, -0.25) is 9.98 Å². The van der Waals surface area contributed by atoms with Crippen LogP contribution in [0.3, 0.4) is 0 Å². The van der Waals surface area contributed by atoms with Gasteiger partial charge in [0.25, 0.3) is 0 Å². The highest BCUT2D eigenvalue weighted by molar-refractivity contribution is 7.15. The fraction of sp³-hybridized carbons (Fsp3) is 0.344. The minimum atomic E-state index is -0.531. The summed E-state index contributed by atoms with van der Waals surface area (Å²) in [5, 5.41) is 27.6. The molecule has 0 saturated carbocycles. The Balaban J connectivity index is 1.29. The van der Waals surface area contributed by atoms with Gasteiger partial charge in [0.1, 0.15) is 10.7 Å². The SMILES string of the molecule is Cc1nnc(NC[C@@H](CCNC(=N)N)NCc2ccc(-n3cc4cc(-c5cc(CCC[C@H](C)N)cc(Cl)c5F)[nH]c4nc3=O)cc2)s1. The van der Waals surface area contributed by atoms with Crippen molar-refractivity contribution in [2.75, 3.05) is 18.4 Å². The zero-order chi connectivity index (χ0) is 33.5. The highest BCUT2D eigenvalue weighted by atomic mass is 35.5. The van der Waals surface area contributed by atoms with Gasteiger partial charge in [-0.25, -0.2) is 9.18 Å². The molecule has 9 N–H and O–H groups in total. The summed E-state index contributed by atoms with van der Waals surface area (Å²) in [5.74, 6) is -0.600. The summed E-state index contributed by atoms with van der Waals surface area (Å²) in [5.41, 5.74) is 14.6. The van der Waals surface area contributed by atoms with Gasteiger partial charge in [0, 0.05) is 48.9 Å². The van der Waals surface area contributed by atoms with Gasteiger partial charge in [-0.15, -0.1) is 10.2 Å². The van der Waals surface area contributed by atoms with E-state index in [4.69, 9.17) is 28.5 Å². The van der Waals surface area contributed by atoms with E-state index in [0.29, 0.717) is 47.6 Å². The van der Waals surface area contributed by atoms with Gasteiger partial charge in [0.05, 0.1) is 16.4 Å². The Kier molecular flexibility index (Phi) is 11.2. The molecule has 0 saturated heterocycles. The van der Waals surface area contributed by atoms with Crippen LogP contribution in [0.2, 0.25) is 5.02 Å². The molecular weight excluding hydrogens is 641 g/mol. The van der Waals surface area contributed by atoms with Crippen molar-refractivity contribution in [2.24, 2.45) is 11.5 Å². The molecule has 0 fully saturated rings. The predicted octanol–water partition coefficient (Wildman–Crippen LogP) is 4.45. The lowest BCUT2D eigenvalue weighted by Crippen LogP contribution is -2.40. The lowest BCUT2D eigenvalue weighted by Gasteiger charge is -2.19. The second kappa shape index (κ2) is 15.5. The molecule has 0 amide bonds. The van der Waals surface area contributed by atoms with E-state index in [9.17, 15) is 4.79 Å². The third kappa shape index (κ3) is 9.13. The van der Waals surface area contributed by atoms with Crippen molar-refractivity contribution in [3.8, 4) is 16.9 Å². The third-order valence-corrected chi connectivity index (χ3v) is 8.73. The van der Waals surface area contributed by atoms with E-state index in [0.717, 1.165) is 46.9 Å². The van der Waals surface area contributed by atoms with Crippen molar-refractivity contribution in [3.63, 3.8) is 0 Å². The molecule has 12 nitrogen and oxygen atoms in total. The quantitative estimate of drug-likeness (QED) is 0.0620. The Hall–Kier alpha value is -4.37. The van der Waals surface area contributed by atoms with Crippen LogP contribution in [-0.4, -0.2) is 55.9 Å². The minimum absolute atomic E-state index is 0.0429. The number of aromatic amines is 1. The summed E-state index contributed by atoms with van der Waals surface area (Å²) in [6.45, 7) is 5.59. The summed E-state index contributed by atoms with van der Waals surface area (Å²) >= 11 is 7.74. The first-order chi connectivity index (χ1) is 22.5. The Morgan fingerprint density at radius 1 is 1.17 bits per heavy atom. The average molecular weight is 680 g/mol. The number of nitrogens with two attached hydrogens (primary N) is 2. The number of benzene rings is 2.